The normalized spacial score (nSPS) is 41.0. The first-order valence-electron chi connectivity index (χ1n) is 6.19. The highest BCUT2D eigenvalue weighted by Gasteiger charge is 2.89. The van der Waals surface area contributed by atoms with Crippen molar-refractivity contribution in [2.75, 3.05) is 5.73 Å². The molecule has 0 spiro atoms. The summed E-state index contributed by atoms with van der Waals surface area (Å²) in [6, 6.07) is 4.78. The zero-order chi connectivity index (χ0) is 15.0. The third-order valence-electron chi connectivity index (χ3n) is 4.28. The molecular formula is C12H10FN5O3. The van der Waals surface area contributed by atoms with E-state index in [-0.39, 0.29) is 11.5 Å². The highest BCUT2D eigenvalue weighted by atomic mass is 19.1. The minimum absolute atomic E-state index is 0.212. The second-order valence-corrected chi connectivity index (χ2v) is 5.22. The Morgan fingerprint density at radius 2 is 2.29 bits per heavy atom. The van der Waals surface area contributed by atoms with Gasteiger partial charge in [-0.05, 0) is 12.1 Å². The largest absolute Gasteiger partial charge is 0.386 e. The van der Waals surface area contributed by atoms with Gasteiger partial charge in [0.15, 0.2) is 17.6 Å². The van der Waals surface area contributed by atoms with Crippen LogP contribution in [0.4, 0.5) is 10.2 Å². The monoisotopic (exact) mass is 291 g/mol. The molecule has 2 aromatic heterocycles. The van der Waals surface area contributed by atoms with Gasteiger partial charge in [-0.2, -0.15) is 10.4 Å². The lowest BCUT2D eigenvalue weighted by Crippen LogP contribution is -2.31. The van der Waals surface area contributed by atoms with Crippen LogP contribution < -0.4 is 5.73 Å². The minimum atomic E-state index is -2.21. The van der Waals surface area contributed by atoms with Gasteiger partial charge >= 0.3 is 0 Å². The van der Waals surface area contributed by atoms with Crippen LogP contribution in [-0.4, -0.2) is 48.3 Å². The van der Waals surface area contributed by atoms with Crippen molar-refractivity contribution in [1.82, 2.24) is 14.6 Å². The minimum Gasteiger partial charge on any atom is -0.386 e. The van der Waals surface area contributed by atoms with Crippen molar-refractivity contribution in [3.8, 4) is 6.07 Å². The Morgan fingerprint density at radius 3 is 2.95 bits per heavy atom. The number of halogens is 1. The molecule has 108 valence electrons. The lowest BCUT2D eigenvalue weighted by atomic mass is 10.1. The van der Waals surface area contributed by atoms with Crippen LogP contribution >= 0.6 is 0 Å². The Labute approximate surface area is 117 Å². The number of hydrogen-bond acceptors (Lipinski definition) is 7. The summed E-state index contributed by atoms with van der Waals surface area (Å²) in [7, 11) is 0. The van der Waals surface area contributed by atoms with E-state index in [2.05, 4.69) is 10.1 Å². The number of aromatic nitrogens is 3. The van der Waals surface area contributed by atoms with E-state index in [0.29, 0.717) is 5.52 Å². The van der Waals surface area contributed by atoms with Gasteiger partial charge in [-0.3, -0.25) is 0 Å². The molecule has 0 aromatic carbocycles. The molecule has 0 amide bonds. The van der Waals surface area contributed by atoms with Crippen LogP contribution in [0, 0.1) is 11.3 Å². The van der Waals surface area contributed by atoms with Gasteiger partial charge in [0.25, 0.3) is 0 Å². The van der Waals surface area contributed by atoms with Gasteiger partial charge in [0.2, 0.25) is 5.60 Å². The van der Waals surface area contributed by atoms with Crippen molar-refractivity contribution in [2.45, 2.75) is 29.6 Å². The van der Waals surface area contributed by atoms with Crippen LogP contribution in [0.5, 0.6) is 0 Å². The molecule has 2 aromatic rings. The number of alkyl halides is 1. The van der Waals surface area contributed by atoms with Gasteiger partial charge in [-0.25, -0.2) is 13.9 Å². The average Bonchev–Trinajstić information content (AvgIpc) is 2.82. The molecule has 2 aliphatic rings. The second-order valence-electron chi connectivity index (χ2n) is 5.22. The highest BCUT2D eigenvalue weighted by molar-refractivity contribution is 5.65. The standard InChI is InChI=1S/C12H10FN5O3/c13-8-7(21-11(3-14)10(19)12(8,11)20)5-1-2-6-9(15)16-4-17-18(5)6/h1-2,4,7-8,10,19-20H,(H2,15,16,17)/t7-,8-,10?,11+,12+/m0/s1. The first-order chi connectivity index (χ1) is 9.97. The summed E-state index contributed by atoms with van der Waals surface area (Å²) < 4.78 is 21.2. The topological polar surface area (TPSA) is 130 Å². The fourth-order valence-corrected chi connectivity index (χ4v) is 3.02. The highest BCUT2D eigenvalue weighted by Crippen LogP contribution is 2.64. The molecule has 5 atom stereocenters. The average molecular weight is 291 g/mol. The van der Waals surface area contributed by atoms with E-state index in [4.69, 9.17) is 15.7 Å². The lowest BCUT2D eigenvalue weighted by molar-refractivity contribution is -0.0438. The summed E-state index contributed by atoms with van der Waals surface area (Å²) in [5, 5.41) is 32.8. The summed E-state index contributed by atoms with van der Waals surface area (Å²) in [4.78, 5) is 3.82. The second kappa shape index (κ2) is 3.48. The SMILES string of the molecule is N#C[C@]12O[C@@H](c3ccc4c(N)ncnn34)[C@H](F)[C@@]1(O)C2O. The molecule has 1 saturated carbocycles. The molecule has 9 heteroatoms. The molecule has 4 rings (SSSR count). The molecule has 21 heavy (non-hydrogen) atoms. The van der Waals surface area contributed by atoms with E-state index in [1.54, 1.807) is 12.1 Å². The summed E-state index contributed by atoms with van der Waals surface area (Å²) >= 11 is 0. The van der Waals surface area contributed by atoms with Crippen molar-refractivity contribution in [3.05, 3.63) is 24.2 Å². The van der Waals surface area contributed by atoms with E-state index in [0.717, 1.165) is 0 Å². The first kappa shape index (κ1) is 12.5. The van der Waals surface area contributed by atoms with Gasteiger partial charge in [0.05, 0.1) is 5.69 Å². The van der Waals surface area contributed by atoms with Crippen LogP contribution in [0.2, 0.25) is 0 Å². The van der Waals surface area contributed by atoms with E-state index in [9.17, 15) is 14.6 Å². The molecule has 1 aliphatic heterocycles. The maximum Gasteiger partial charge on any atom is 0.218 e. The number of anilines is 1. The third-order valence-corrected chi connectivity index (χ3v) is 4.28. The maximum atomic E-state index is 14.5. The zero-order valence-corrected chi connectivity index (χ0v) is 10.5. The van der Waals surface area contributed by atoms with Crippen molar-refractivity contribution >= 4 is 11.3 Å². The number of ether oxygens (including phenoxy) is 1. The van der Waals surface area contributed by atoms with Crippen molar-refractivity contribution in [1.29, 1.82) is 5.26 Å². The smallest absolute Gasteiger partial charge is 0.218 e. The Balaban J connectivity index is 1.82. The van der Waals surface area contributed by atoms with Gasteiger partial charge < -0.3 is 20.7 Å². The number of aliphatic hydroxyl groups excluding tert-OH is 1. The quantitative estimate of drug-likeness (QED) is 0.620. The molecule has 0 radical (unpaired) electrons. The van der Waals surface area contributed by atoms with Crippen molar-refractivity contribution in [3.63, 3.8) is 0 Å². The predicted octanol–water partition coefficient (Wildman–Crippen LogP) is -0.911. The molecule has 1 unspecified atom stereocenters. The zero-order valence-electron chi connectivity index (χ0n) is 10.5. The molecule has 0 bridgehead atoms. The van der Waals surface area contributed by atoms with Crippen LogP contribution in [0.1, 0.15) is 11.8 Å². The van der Waals surface area contributed by atoms with Gasteiger partial charge in [0.1, 0.15) is 30.1 Å². The predicted molar refractivity (Wildman–Crippen MR) is 65.4 cm³/mol. The van der Waals surface area contributed by atoms with Gasteiger partial charge in [-0.1, -0.05) is 0 Å². The molecular weight excluding hydrogens is 281 g/mol. The van der Waals surface area contributed by atoms with E-state index in [1.165, 1.54) is 16.9 Å². The number of fused-ring (bicyclic) bond motifs is 2. The summed E-state index contributed by atoms with van der Waals surface area (Å²) in [5.74, 6) is 0.212. The lowest BCUT2D eigenvalue weighted by Gasteiger charge is -2.18. The van der Waals surface area contributed by atoms with Crippen LogP contribution in [-0.2, 0) is 4.74 Å². The Morgan fingerprint density at radius 1 is 1.52 bits per heavy atom. The molecule has 2 fully saturated rings. The summed E-state index contributed by atoms with van der Waals surface area (Å²) in [5.41, 5.74) is 2.29. The summed E-state index contributed by atoms with van der Waals surface area (Å²) in [6.07, 6.45) is -3.54. The Hall–Kier alpha value is -2.28. The van der Waals surface area contributed by atoms with Gasteiger partial charge in [0, 0.05) is 0 Å². The van der Waals surface area contributed by atoms with E-state index in [1.807, 2.05) is 0 Å². The number of nitrogen functional groups attached to an aromatic ring is 1. The number of hydrogen-bond donors (Lipinski definition) is 3. The van der Waals surface area contributed by atoms with Crippen LogP contribution in [0.3, 0.4) is 0 Å². The number of nitriles is 1. The van der Waals surface area contributed by atoms with E-state index >= 15 is 0 Å². The number of aliphatic hydroxyl groups is 2. The fraction of sp³-hybridized carbons (Fsp3) is 0.417. The van der Waals surface area contributed by atoms with Crippen molar-refractivity contribution < 1.29 is 19.3 Å². The third kappa shape index (κ3) is 1.15. The molecule has 4 N–H and O–H groups in total. The van der Waals surface area contributed by atoms with Crippen molar-refractivity contribution in [2.24, 2.45) is 0 Å². The first-order valence-corrected chi connectivity index (χ1v) is 6.19. The Kier molecular flexibility index (Phi) is 2.07. The summed E-state index contributed by atoms with van der Waals surface area (Å²) in [6.45, 7) is 0. The molecule has 3 heterocycles. The number of nitrogens with zero attached hydrogens (tertiary/aromatic N) is 4. The number of nitrogens with two attached hydrogens (primary N) is 1. The Bertz CT molecular complexity index is 804. The molecule has 8 nitrogen and oxygen atoms in total. The van der Waals surface area contributed by atoms with E-state index < -0.39 is 29.6 Å². The molecule has 1 saturated heterocycles. The number of rotatable bonds is 1. The molecule has 1 aliphatic carbocycles. The van der Waals surface area contributed by atoms with Crippen LogP contribution in [0.25, 0.3) is 5.52 Å². The fourth-order valence-electron chi connectivity index (χ4n) is 3.02. The van der Waals surface area contributed by atoms with Crippen LogP contribution in [0.15, 0.2) is 18.5 Å². The maximum absolute atomic E-state index is 14.5. The van der Waals surface area contributed by atoms with Gasteiger partial charge in [-0.15, -0.1) is 0 Å².